The number of hydrogen-bond acceptors (Lipinski definition) is 5. The number of aromatic nitrogens is 2. The van der Waals surface area contributed by atoms with E-state index in [-0.39, 0.29) is 17.2 Å². The van der Waals surface area contributed by atoms with Gasteiger partial charge in [0.1, 0.15) is 5.65 Å². The molecule has 1 aliphatic rings. The van der Waals surface area contributed by atoms with Crippen LogP contribution < -0.4 is 0 Å². The number of fused-ring (bicyclic) bond motifs is 3. The van der Waals surface area contributed by atoms with Gasteiger partial charge in [0, 0.05) is 45.9 Å². The van der Waals surface area contributed by atoms with Crippen molar-refractivity contribution < 1.29 is 18.3 Å². The molecule has 4 rings (SSSR count). The molecule has 30 heavy (non-hydrogen) atoms. The maximum atomic E-state index is 11.9. The summed E-state index contributed by atoms with van der Waals surface area (Å²) in [6.07, 6.45) is 4.40. The van der Waals surface area contributed by atoms with Crippen LogP contribution in [0, 0.1) is 0 Å². The second kappa shape index (κ2) is 9.18. The minimum atomic E-state index is -3.34. The molecule has 1 unspecified atom stereocenters. The molecule has 0 fully saturated rings. The van der Waals surface area contributed by atoms with Crippen LogP contribution in [0.3, 0.4) is 0 Å². The lowest BCUT2D eigenvalue weighted by Gasteiger charge is -2.23. The minimum absolute atomic E-state index is 0.0600. The number of benzene rings is 1. The summed E-state index contributed by atoms with van der Waals surface area (Å²) in [5, 5.41) is 10.8. The zero-order valence-electron chi connectivity index (χ0n) is 16.0. The van der Waals surface area contributed by atoms with E-state index in [9.17, 15) is 13.2 Å². The largest absolute Gasteiger partial charge is 0.481 e. The third-order valence-corrected chi connectivity index (χ3v) is 7.10. The fourth-order valence-corrected chi connectivity index (χ4v) is 4.99. The van der Waals surface area contributed by atoms with Gasteiger partial charge in [-0.15, -0.1) is 12.6 Å². The van der Waals surface area contributed by atoms with Crippen molar-refractivity contribution in [1.29, 1.82) is 0 Å². The van der Waals surface area contributed by atoms with Crippen molar-refractivity contribution in [2.45, 2.75) is 41.5 Å². The Morgan fingerprint density at radius 3 is 2.63 bits per heavy atom. The van der Waals surface area contributed by atoms with Crippen molar-refractivity contribution in [3.8, 4) is 0 Å². The molecule has 0 spiro atoms. The van der Waals surface area contributed by atoms with E-state index in [4.69, 9.17) is 28.3 Å². The van der Waals surface area contributed by atoms with Crippen LogP contribution in [0.15, 0.2) is 46.3 Å². The predicted octanol–water partition coefficient (Wildman–Crippen LogP) is 5.07. The van der Waals surface area contributed by atoms with E-state index in [1.807, 2.05) is 4.57 Å². The number of hydrogen-bond donors (Lipinski definition) is 2. The van der Waals surface area contributed by atoms with Crippen molar-refractivity contribution in [2.24, 2.45) is 0 Å². The van der Waals surface area contributed by atoms with Crippen LogP contribution in [-0.2, 0) is 21.2 Å². The number of nitrogens with zero attached hydrogens (tertiary/aromatic N) is 2. The Kier molecular flexibility index (Phi) is 7.02. The van der Waals surface area contributed by atoms with E-state index < -0.39 is 15.8 Å². The van der Waals surface area contributed by atoms with Crippen LogP contribution in [0.2, 0.25) is 10.0 Å². The fourth-order valence-electron chi connectivity index (χ4n) is 3.58. The zero-order chi connectivity index (χ0) is 22.1. The minimum Gasteiger partial charge on any atom is -0.481 e. The first-order valence-electron chi connectivity index (χ1n) is 9.12. The summed E-state index contributed by atoms with van der Waals surface area (Å²) in [6.45, 7) is 0.745. The lowest BCUT2D eigenvalue weighted by molar-refractivity contribution is -0.137. The van der Waals surface area contributed by atoms with Gasteiger partial charge in [-0.1, -0.05) is 23.2 Å². The molecule has 0 bridgehead atoms. The number of aryl methyl sites for hydroxylation is 1. The molecular formula is C20H20Cl2N2O4S2. The lowest BCUT2D eigenvalue weighted by atomic mass is 9.93. The molecule has 3 heterocycles. The molecule has 2 aromatic heterocycles. The number of pyridine rings is 1. The Bertz CT molecular complexity index is 1210. The summed E-state index contributed by atoms with van der Waals surface area (Å²) in [4.78, 5) is 16.3. The first-order chi connectivity index (χ1) is 14.1. The maximum absolute atomic E-state index is 11.9. The molecule has 1 N–H and O–H groups in total. The molecule has 3 aromatic rings. The van der Waals surface area contributed by atoms with Crippen LogP contribution >= 0.6 is 35.8 Å². The first kappa shape index (κ1) is 22.9. The Labute approximate surface area is 190 Å². The summed E-state index contributed by atoms with van der Waals surface area (Å²) >= 11 is 15.3. The third-order valence-electron chi connectivity index (χ3n) is 4.87. The van der Waals surface area contributed by atoms with Crippen molar-refractivity contribution >= 4 is 62.7 Å². The van der Waals surface area contributed by atoms with Crippen LogP contribution in [0.25, 0.3) is 11.0 Å². The molecule has 0 saturated heterocycles. The Morgan fingerprint density at radius 1 is 1.30 bits per heavy atom. The second-order valence-electron chi connectivity index (χ2n) is 7.07. The number of carboxylic acids is 1. The zero-order valence-corrected chi connectivity index (χ0v) is 19.3. The van der Waals surface area contributed by atoms with E-state index in [1.54, 1.807) is 24.3 Å². The molecule has 1 atom stereocenters. The molecule has 0 amide bonds. The summed E-state index contributed by atoms with van der Waals surface area (Å²) in [7, 11) is -3.34. The Morgan fingerprint density at radius 2 is 2.03 bits per heavy atom. The molecule has 0 saturated carbocycles. The number of carboxylic acid groups (broad SMARTS) is 1. The third kappa shape index (κ3) is 5.11. The highest BCUT2D eigenvalue weighted by Gasteiger charge is 2.27. The number of rotatable bonds is 3. The van der Waals surface area contributed by atoms with Gasteiger partial charge in [0.05, 0.1) is 16.3 Å². The van der Waals surface area contributed by atoms with Gasteiger partial charge in [-0.2, -0.15) is 0 Å². The van der Waals surface area contributed by atoms with Crippen molar-refractivity contribution in [3.05, 3.63) is 52.3 Å². The molecule has 10 heteroatoms. The predicted molar refractivity (Wildman–Crippen MR) is 121 cm³/mol. The number of sulfone groups is 1. The van der Waals surface area contributed by atoms with E-state index in [0.717, 1.165) is 30.0 Å². The van der Waals surface area contributed by atoms with E-state index in [2.05, 4.69) is 17.6 Å². The normalized spacial score (nSPS) is 15.9. The smallest absolute Gasteiger partial charge is 0.304 e. The number of carbonyl (C=O) groups is 1. The topological polar surface area (TPSA) is 89.3 Å². The molecule has 160 valence electrons. The fraction of sp³-hybridized carbons (Fsp3) is 0.300. The molecular weight excluding hydrogens is 467 g/mol. The van der Waals surface area contributed by atoms with Crippen molar-refractivity contribution in [2.75, 3.05) is 6.26 Å². The summed E-state index contributed by atoms with van der Waals surface area (Å²) in [6, 6.07) is 8.45. The van der Waals surface area contributed by atoms with Gasteiger partial charge < -0.3 is 9.67 Å². The maximum Gasteiger partial charge on any atom is 0.304 e. The highest BCUT2D eigenvalue weighted by atomic mass is 35.5. The Balaban J connectivity index is 0.000000239. The van der Waals surface area contributed by atoms with E-state index in [1.165, 1.54) is 18.5 Å². The average Bonchev–Trinajstić information content (AvgIpc) is 3.04. The molecule has 1 aromatic carbocycles. The SMILES string of the molecule is CS(=O)(=O)c1ccnc2c1cc1n2CCCC1CC(=O)O.Sc1ccc(Cl)cc1Cl. The summed E-state index contributed by atoms with van der Waals surface area (Å²) < 4.78 is 25.7. The highest BCUT2D eigenvalue weighted by molar-refractivity contribution is 7.91. The van der Waals surface area contributed by atoms with Crippen LogP contribution in [0.5, 0.6) is 0 Å². The van der Waals surface area contributed by atoms with Crippen LogP contribution in [-0.4, -0.2) is 35.3 Å². The highest BCUT2D eigenvalue weighted by Crippen LogP contribution is 2.36. The monoisotopic (exact) mass is 486 g/mol. The molecule has 0 aliphatic carbocycles. The quantitative estimate of drug-likeness (QED) is 0.504. The summed E-state index contributed by atoms with van der Waals surface area (Å²) in [5.41, 5.74) is 1.50. The Hall–Kier alpha value is -1.74. The van der Waals surface area contributed by atoms with E-state index >= 15 is 0 Å². The number of thiol groups is 1. The van der Waals surface area contributed by atoms with Gasteiger partial charge in [0.2, 0.25) is 0 Å². The molecule has 0 radical (unpaired) electrons. The first-order valence-corrected chi connectivity index (χ1v) is 12.2. The molecule has 1 aliphatic heterocycles. The standard InChI is InChI=1S/C14H16N2O4S.C6H4Cl2S/c1-21(19,20)12-4-5-15-14-10(12)8-11-9(7-13(17)18)3-2-6-16(11)14;7-4-1-2-6(9)5(8)3-4/h4-5,8-9H,2-3,6-7H2,1H3,(H,17,18);1-3,9H. The van der Waals surface area contributed by atoms with Crippen molar-refractivity contribution in [3.63, 3.8) is 0 Å². The van der Waals surface area contributed by atoms with Gasteiger partial charge in [-0.25, -0.2) is 13.4 Å². The number of halogens is 2. The lowest BCUT2D eigenvalue weighted by Crippen LogP contribution is -2.17. The van der Waals surface area contributed by atoms with Crippen LogP contribution in [0.1, 0.15) is 30.9 Å². The molecule has 6 nitrogen and oxygen atoms in total. The van der Waals surface area contributed by atoms with Gasteiger partial charge in [0.15, 0.2) is 9.84 Å². The van der Waals surface area contributed by atoms with Gasteiger partial charge in [-0.05, 0) is 43.2 Å². The van der Waals surface area contributed by atoms with Gasteiger partial charge in [-0.3, -0.25) is 4.79 Å². The van der Waals surface area contributed by atoms with Crippen LogP contribution in [0.4, 0.5) is 0 Å². The van der Waals surface area contributed by atoms with E-state index in [0.29, 0.717) is 21.1 Å². The number of aliphatic carboxylic acids is 1. The van der Waals surface area contributed by atoms with Crippen molar-refractivity contribution in [1.82, 2.24) is 9.55 Å². The van der Waals surface area contributed by atoms with Gasteiger partial charge >= 0.3 is 5.97 Å². The summed E-state index contributed by atoms with van der Waals surface area (Å²) in [5.74, 6) is -0.923. The average molecular weight is 487 g/mol. The second-order valence-corrected chi connectivity index (χ2v) is 10.4. The van der Waals surface area contributed by atoms with Gasteiger partial charge in [0.25, 0.3) is 0 Å².